The van der Waals surface area contributed by atoms with E-state index in [0.717, 1.165) is 16.8 Å². The third-order valence-electron chi connectivity index (χ3n) is 4.82. The molecule has 0 unspecified atom stereocenters. The smallest absolute Gasteiger partial charge is 0.343 e. The standard InChI is InChI=1S/C25H17N3O5/c29-24(19-10-6-11-20(15-19)28(31)32)27-26-16-22-21-12-5-4-7-17(21)13-14-23(22)33-25(30)18-8-2-1-3-9-18/h1-16H,(H,27,29)/b26-16-. The number of rotatable bonds is 6. The maximum absolute atomic E-state index is 12.6. The van der Waals surface area contributed by atoms with Gasteiger partial charge in [0.05, 0.1) is 16.7 Å². The fourth-order valence-electron chi connectivity index (χ4n) is 3.21. The molecule has 0 heterocycles. The van der Waals surface area contributed by atoms with Crippen LogP contribution in [0.4, 0.5) is 5.69 Å². The van der Waals surface area contributed by atoms with Crippen LogP contribution < -0.4 is 10.2 Å². The summed E-state index contributed by atoms with van der Waals surface area (Å²) in [5.41, 5.74) is 3.15. The molecule has 8 heteroatoms. The molecule has 162 valence electrons. The number of nitro groups is 1. The molecule has 4 aromatic rings. The number of nitro benzene ring substituents is 1. The van der Waals surface area contributed by atoms with Gasteiger partial charge in [-0.15, -0.1) is 0 Å². The van der Waals surface area contributed by atoms with Crippen molar-refractivity contribution in [3.8, 4) is 5.75 Å². The predicted molar refractivity (Wildman–Crippen MR) is 124 cm³/mol. The van der Waals surface area contributed by atoms with Gasteiger partial charge in [0.1, 0.15) is 5.75 Å². The molecule has 0 aromatic heterocycles. The molecule has 0 atom stereocenters. The van der Waals surface area contributed by atoms with Gasteiger partial charge in [0.25, 0.3) is 11.6 Å². The lowest BCUT2D eigenvalue weighted by Gasteiger charge is -2.10. The Labute approximate surface area is 188 Å². The summed E-state index contributed by atoms with van der Waals surface area (Å²) in [6.45, 7) is 0. The second-order valence-electron chi connectivity index (χ2n) is 6.96. The number of ether oxygens (including phenoxy) is 1. The average Bonchev–Trinajstić information content (AvgIpc) is 2.85. The summed E-state index contributed by atoms with van der Waals surface area (Å²) >= 11 is 0. The van der Waals surface area contributed by atoms with Crippen LogP contribution in [0, 0.1) is 10.1 Å². The number of benzene rings is 4. The molecule has 1 amide bonds. The van der Waals surface area contributed by atoms with Gasteiger partial charge in [-0.1, -0.05) is 54.6 Å². The maximum atomic E-state index is 12.6. The van der Waals surface area contributed by atoms with Gasteiger partial charge in [-0.2, -0.15) is 5.10 Å². The molecule has 0 aliphatic carbocycles. The molecule has 0 saturated heterocycles. The van der Waals surface area contributed by atoms with Crippen molar-refractivity contribution in [2.75, 3.05) is 0 Å². The van der Waals surface area contributed by atoms with Gasteiger partial charge in [-0.3, -0.25) is 14.9 Å². The van der Waals surface area contributed by atoms with E-state index in [9.17, 15) is 19.7 Å². The topological polar surface area (TPSA) is 111 Å². The molecule has 0 radical (unpaired) electrons. The van der Waals surface area contributed by atoms with Crippen LogP contribution in [0.25, 0.3) is 10.8 Å². The molecular formula is C25H17N3O5. The molecule has 33 heavy (non-hydrogen) atoms. The first kappa shape index (κ1) is 21.4. The lowest BCUT2D eigenvalue weighted by atomic mass is 10.0. The summed E-state index contributed by atoms with van der Waals surface area (Å²) in [6.07, 6.45) is 1.38. The highest BCUT2D eigenvalue weighted by atomic mass is 16.6. The van der Waals surface area contributed by atoms with E-state index < -0.39 is 16.8 Å². The van der Waals surface area contributed by atoms with Crippen LogP contribution in [-0.4, -0.2) is 23.0 Å². The molecule has 0 saturated carbocycles. The number of carbonyl (C=O) groups is 2. The molecule has 0 aliphatic rings. The zero-order chi connectivity index (χ0) is 23.2. The molecule has 0 bridgehead atoms. The number of carbonyl (C=O) groups excluding carboxylic acids is 2. The van der Waals surface area contributed by atoms with Crippen LogP contribution in [0.5, 0.6) is 5.75 Å². The third kappa shape index (κ3) is 4.91. The Bertz CT molecular complexity index is 1380. The number of non-ortho nitro benzene ring substituents is 1. The second-order valence-corrected chi connectivity index (χ2v) is 6.96. The zero-order valence-corrected chi connectivity index (χ0v) is 17.2. The first-order valence-corrected chi connectivity index (χ1v) is 9.90. The van der Waals surface area contributed by atoms with Crippen molar-refractivity contribution >= 4 is 34.6 Å². The van der Waals surface area contributed by atoms with Crippen LogP contribution in [0.3, 0.4) is 0 Å². The fourth-order valence-corrected chi connectivity index (χ4v) is 3.21. The summed E-state index contributed by atoms with van der Waals surface area (Å²) in [7, 11) is 0. The third-order valence-corrected chi connectivity index (χ3v) is 4.82. The average molecular weight is 439 g/mol. The number of hydrogen-bond acceptors (Lipinski definition) is 6. The molecule has 4 aromatic carbocycles. The molecular weight excluding hydrogens is 422 g/mol. The minimum atomic E-state index is -0.613. The number of nitrogens with one attached hydrogen (secondary N) is 1. The highest BCUT2D eigenvalue weighted by molar-refractivity contribution is 6.04. The van der Waals surface area contributed by atoms with E-state index in [-0.39, 0.29) is 17.0 Å². The quantitative estimate of drug-likeness (QED) is 0.153. The van der Waals surface area contributed by atoms with Crippen molar-refractivity contribution in [3.05, 3.63) is 118 Å². The van der Waals surface area contributed by atoms with E-state index in [1.165, 1.54) is 24.4 Å². The Morgan fingerprint density at radius 2 is 1.61 bits per heavy atom. The maximum Gasteiger partial charge on any atom is 0.343 e. The number of hydrogen-bond donors (Lipinski definition) is 1. The van der Waals surface area contributed by atoms with Gasteiger partial charge >= 0.3 is 5.97 Å². The Morgan fingerprint density at radius 1 is 0.879 bits per heavy atom. The molecule has 4 rings (SSSR count). The van der Waals surface area contributed by atoms with E-state index in [1.807, 2.05) is 30.3 Å². The lowest BCUT2D eigenvalue weighted by molar-refractivity contribution is -0.384. The molecule has 0 spiro atoms. The van der Waals surface area contributed by atoms with E-state index in [0.29, 0.717) is 11.1 Å². The van der Waals surface area contributed by atoms with Gasteiger partial charge in [0.2, 0.25) is 0 Å². The number of amides is 1. The summed E-state index contributed by atoms with van der Waals surface area (Å²) < 4.78 is 5.61. The minimum Gasteiger partial charge on any atom is -0.422 e. The molecule has 0 fully saturated rings. The Kier molecular flexibility index (Phi) is 6.17. The largest absolute Gasteiger partial charge is 0.422 e. The minimum absolute atomic E-state index is 0.0926. The van der Waals surface area contributed by atoms with Crippen LogP contribution in [0.15, 0.2) is 96.1 Å². The summed E-state index contributed by atoms with van der Waals surface area (Å²) in [4.78, 5) is 35.3. The van der Waals surface area contributed by atoms with Crippen LogP contribution in [0.2, 0.25) is 0 Å². The Morgan fingerprint density at radius 3 is 2.39 bits per heavy atom. The van der Waals surface area contributed by atoms with Crippen LogP contribution in [0.1, 0.15) is 26.3 Å². The van der Waals surface area contributed by atoms with E-state index >= 15 is 0 Å². The predicted octanol–water partition coefficient (Wildman–Crippen LogP) is 4.73. The van der Waals surface area contributed by atoms with Crippen molar-refractivity contribution in [2.24, 2.45) is 5.10 Å². The molecule has 8 nitrogen and oxygen atoms in total. The second kappa shape index (κ2) is 9.52. The summed E-state index contributed by atoms with van der Waals surface area (Å²) in [5.74, 6) is -0.866. The zero-order valence-electron chi connectivity index (χ0n) is 17.2. The van der Waals surface area contributed by atoms with Gasteiger partial charge in [-0.05, 0) is 35.0 Å². The summed E-state index contributed by atoms with van der Waals surface area (Å²) in [6, 6.07) is 24.8. The number of esters is 1. The van der Waals surface area contributed by atoms with Crippen molar-refractivity contribution in [1.29, 1.82) is 0 Å². The van der Waals surface area contributed by atoms with Crippen molar-refractivity contribution in [1.82, 2.24) is 5.43 Å². The highest BCUT2D eigenvalue weighted by Gasteiger charge is 2.14. The van der Waals surface area contributed by atoms with Gasteiger partial charge in [-0.25, -0.2) is 10.2 Å². The number of hydrazone groups is 1. The van der Waals surface area contributed by atoms with E-state index in [2.05, 4.69) is 10.5 Å². The van der Waals surface area contributed by atoms with Crippen LogP contribution in [-0.2, 0) is 0 Å². The fraction of sp³-hybridized carbons (Fsp3) is 0. The number of nitrogens with zero attached hydrogens (tertiary/aromatic N) is 2. The highest BCUT2D eigenvalue weighted by Crippen LogP contribution is 2.27. The normalized spacial score (nSPS) is 10.8. The first-order valence-electron chi connectivity index (χ1n) is 9.90. The lowest BCUT2D eigenvalue weighted by Crippen LogP contribution is -2.18. The van der Waals surface area contributed by atoms with Gasteiger partial charge < -0.3 is 4.74 Å². The molecule has 1 N–H and O–H groups in total. The SMILES string of the molecule is O=C(N/N=C\c1c(OC(=O)c2ccccc2)ccc2ccccc12)c1cccc([N+](=O)[O-])c1. The Hall–Kier alpha value is -4.85. The van der Waals surface area contributed by atoms with Crippen molar-refractivity contribution in [2.45, 2.75) is 0 Å². The van der Waals surface area contributed by atoms with Crippen molar-refractivity contribution in [3.63, 3.8) is 0 Å². The van der Waals surface area contributed by atoms with Gasteiger partial charge in [0.15, 0.2) is 0 Å². The number of fused-ring (bicyclic) bond motifs is 1. The van der Waals surface area contributed by atoms with E-state index in [4.69, 9.17) is 4.74 Å². The summed E-state index contributed by atoms with van der Waals surface area (Å²) in [5, 5.41) is 16.6. The Balaban J connectivity index is 1.62. The monoisotopic (exact) mass is 439 g/mol. The first-order chi connectivity index (χ1) is 16.0. The van der Waals surface area contributed by atoms with Gasteiger partial charge in [0, 0.05) is 23.3 Å². The molecule has 0 aliphatic heterocycles. The van der Waals surface area contributed by atoms with E-state index in [1.54, 1.807) is 36.4 Å². The van der Waals surface area contributed by atoms with Crippen molar-refractivity contribution < 1.29 is 19.2 Å². The van der Waals surface area contributed by atoms with Crippen LogP contribution >= 0.6 is 0 Å².